The van der Waals surface area contributed by atoms with E-state index in [4.69, 9.17) is 10.4 Å². The molecule has 0 spiro atoms. The van der Waals surface area contributed by atoms with Crippen LogP contribution in [0.5, 0.6) is 0 Å². The smallest absolute Gasteiger partial charge is 0.418 e. The SMILES string of the molecule is N#Cc1ccc(C(F)(F)F)c(NC(=O)O)c1. The van der Waals surface area contributed by atoms with Gasteiger partial charge in [0.25, 0.3) is 0 Å². The van der Waals surface area contributed by atoms with Crippen molar-refractivity contribution in [2.45, 2.75) is 6.18 Å². The largest absolute Gasteiger partial charge is 0.465 e. The number of amides is 1. The van der Waals surface area contributed by atoms with E-state index in [2.05, 4.69) is 0 Å². The summed E-state index contributed by atoms with van der Waals surface area (Å²) in [4.78, 5) is 10.3. The molecular formula is C9H5F3N2O2. The lowest BCUT2D eigenvalue weighted by atomic mass is 10.1. The molecule has 0 aromatic heterocycles. The minimum atomic E-state index is -4.67. The molecule has 0 atom stereocenters. The molecular weight excluding hydrogens is 225 g/mol. The highest BCUT2D eigenvalue weighted by atomic mass is 19.4. The number of carbonyl (C=O) groups is 1. The third-order valence-electron chi connectivity index (χ3n) is 1.70. The number of rotatable bonds is 1. The summed E-state index contributed by atoms with van der Waals surface area (Å²) in [6.45, 7) is 0. The second-order valence-electron chi connectivity index (χ2n) is 2.80. The summed E-state index contributed by atoms with van der Waals surface area (Å²) in [6, 6.07) is 4.07. The summed E-state index contributed by atoms with van der Waals surface area (Å²) >= 11 is 0. The van der Waals surface area contributed by atoms with Crippen LogP contribution in [0.1, 0.15) is 11.1 Å². The predicted octanol–water partition coefficient (Wildman–Crippen LogP) is 2.67. The molecule has 16 heavy (non-hydrogen) atoms. The van der Waals surface area contributed by atoms with E-state index in [-0.39, 0.29) is 5.56 Å². The van der Waals surface area contributed by atoms with Crippen molar-refractivity contribution in [3.8, 4) is 6.07 Å². The van der Waals surface area contributed by atoms with Crippen molar-refractivity contribution in [2.24, 2.45) is 0 Å². The Morgan fingerprint density at radius 3 is 2.50 bits per heavy atom. The Morgan fingerprint density at radius 2 is 2.06 bits per heavy atom. The van der Waals surface area contributed by atoms with Crippen molar-refractivity contribution in [2.75, 3.05) is 5.32 Å². The van der Waals surface area contributed by atoms with Crippen molar-refractivity contribution in [1.29, 1.82) is 5.26 Å². The standard InChI is InChI=1S/C9H5F3N2O2/c10-9(11,12)6-2-1-5(4-13)3-7(6)14-8(15)16/h1-3,14H,(H,15,16). The molecule has 0 aliphatic carbocycles. The number of carboxylic acid groups (broad SMARTS) is 1. The molecule has 0 saturated carbocycles. The number of halogens is 3. The van der Waals surface area contributed by atoms with Gasteiger partial charge < -0.3 is 5.11 Å². The molecule has 0 fully saturated rings. The zero-order valence-electron chi connectivity index (χ0n) is 7.67. The topological polar surface area (TPSA) is 73.1 Å². The summed E-state index contributed by atoms with van der Waals surface area (Å²) in [5, 5.41) is 18.4. The van der Waals surface area contributed by atoms with Crippen molar-refractivity contribution >= 4 is 11.8 Å². The number of benzene rings is 1. The lowest BCUT2D eigenvalue weighted by Gasteiger charge is -2.12. The highest BCUT2D eigenvalue weighted by Gasteiger charge is 2.34. The Kier molecular flexibility index (Phi) is 3.04. The van der Waals surface area contributed by atoms with Crippen LogP contribution in [0, 0.1) is 11.3 Å². The summed E-state index contributed by atoms with van der Waals surface area (Å²) < 4.78 is 37.3. The van der Waals surface area contributed by atoms with Crippen LogP contribution in [0.2, 0.25) is 0 Å². The van der Waals surface area contributed by atoms with Crippen LogP contribution in [-0.4, -0.2) is 11.2 Å². The molecule has 0 unspecified atom stereocenters. The van der Waals surface area contributed by atoms with E-state index in [1.54, 1.807) is 11.4 Å². The van der Waals surface area contributed by atoms with Gasteiger partial charge in [0.2, 0.25) is 0 Å². The number of nitrogens with one attached hydrogen (secondary N) is 1. The highest BCUT2D eigenvalue weighted by molar-refractivity contribution is 5.84. The average molecular weight is 230 g/mol. The van der Waals surface area contributed by atoms with Crippen molar-refractivity contribution in [1.82, 2.24) is 0 Å². The Labute approximate surface area is 87.9 Å². The lowest BCUT2D eigenvalue weighted by molar-refractivity contribution is -0.136. The minimum Gasteiger partial charge on any atom is -0.465 e. The lowest BCUT2D eigenvalue weighted by Crippen LogP contribution is -2.14. The van der Waals surface area contributed by atoms with Gasteiger partial charge in [-0.1, -0.05) is 0 Å². The Bertz CT molecular complexity index is 463. The Hall–Kier alpha value is -2.23. The first kappa shape index (κ1) is 11.8. The maximum absolute atomic E-state index is 12.4. The fourth-order valence-corrected chi connectivity index (χ4v) is 1.08. The molecule has 0 aliphatic heterocycles. The molecule has 0 aliphatic rings. The molecule has 1 aromatic carbocycles. The number of anilines is 1. The number of nitriles is 1. The first-order valence-electron chi connectivity index (χ1n) is 3.96. The molecule has 1 rings (SSSR count). The molecule has 4 nitrogen and oxygen atoms in total. The molecule has 0 heterocycles. The molecule has 0 saturated heterocycles. The van der Waals surface area contributed by atoms with Gasteiger partial charge >= 0.3 is 12.3 Å². The van der Waals surface area contributed by atoms with Crippen LogP contribution in [-0.2, 0) is 6.18 Å². The van der Waals surface area contributed by atoms with Gasteiger partial charge in [0, 0.05) is 0 Å². The van der Waals surface area contributed by atoms with Crippen molar-refractivity contribution in [3.63, 3.8) is 0 Å². The maximum Gasteiger partial charge on any atom is 0.418 e. The van der Waals surface area contributed by atoms with Gasteiger partial charge in [0.15, 0.2) is 0 Å². The molecule has 0 bridgehead atoms. The second-order valence-corrected chi connectivity index (χ2v) is 2.80. The van der Waals surface area contributed by atoms with E-state index in [9.17, 15) is 18.0 Å². The fraction of sp³-hybridized carbons (Fsp3) is 0.111. The monoisotopic (exact) mass is 230 g/mol. The molecule has 1 amide bonds. The summed E-state index contributed by atoms with van der Waals surface area (Å²) in [5.41, 5.74) is -1.84. The number of alkyl halides is 3. The van der Waals surface area contributed by atoms with Crippen LogP contribution < -0.4 is 5.32 Å². The normalized spacial score (nSPS) is 10.6. The van der Waals surface area contributed by atoms with Gasteiger partial charge in [-0.3, -0.25) is 5.32 Å². The zero-order valence-corrected chi connectivity index (χ0v) is 7.67. The summed E-state index contributed by atoms with van der Waals surface area (Å²) in [6.07, 6.45) is -6.30. The quantitative estimate of drug-likeness (QED) is 0.778. The van der Waals surface area contributed by atoms with Crippen molar-refractivity contribution < 1.29 is 23.1 Å². The van der Waals surface area contributed by atoms with Gasteiger partial charge in [-0.25, -0.2) is 4.79 Å². The molecule has 0 radical (unpaired) electrons. The van der Waals surface area contributed by atoms with E-state index < -0.39 is 23.5 Å². The zero-order chi connectivity index (χ0) is 12.3. The third-order valence-corrected chi connectivity index (χ3v) is 1.70. The van der Waals surface area contributed by atoms with Gasteiger partial charge in [-0.15, -0.1) is 0 Å². The van der Waals surface area contributed by atoms with Crippen LogP contribution in [0.3, 0.4) is 0 Å². The van der Waals surface area contributed by atoms with E-state index in [0.717, 1.165) is 12.1 Å². The fourth-order valence-electron chi connectivity index (χ4n) is 1.08. The van der Waals surface area contributed by atoms with Gasteiger partial charge in [-0.2, -0.15) is 18.4 Å². The first-order chi connectivity index (χ1) is 7.34. The predicted molar refractivity (Wildman–Crippen MR) is 47.8 cm³/mol. The Balaban J connectivity index is 3.28. The van der Waals surface area contributed by atoms with Gasteiger partial charge in [0.05, 0.1) is 22.9 Å². The third kappa shape index (κ3) is 2.63. The summed E-state index contributed by atoms with van der Waals surface area (Å²) in [7, 11) is 0. The van der Waals surface area contributed by atoms with E-state index in [1.165, 1.54) is 0 Å². The average Bonchev–Trinajstić information content (AvgIpc) is 2.14. The van der Waals surface area contributed by atoms with E-state index in [1.807, 2.05) is 0 Å². The molecule has 1 aromatic rings. The highest BCUT2D eigenvalue weighted by Crippen LogP contribution is 2.35. The van der Waals surface area contributed by atoms with E-state index in [0.29, 0.717) is 6.07 Å². The minimum absolute atomic E-state index is 0.0586. The maximum atomic E-state index is 12.4. The summed E-state index contributed by atoms with van der Waals surface area (Å²) in [5.74, 6) is 0. The van der Waals surface area contributed by atoms with E-state index >= 15 is 0 Å². The number of nitrogens with zero attached hydrogens (tertiary/aromatic N) is 1. The van der Waals surface area contributed by atoms with Crippen LogP contribution in [0.15, 0.2) is 18.2 Å². The van der Waals surface area contributed by atoms with Crippen LogP contribution in [0.4, 0.5) is 23.7 Å². The van der Waals surface area contributed by atoms with Gasteiger partial charge in [-0.05, 0) is 18.2 Å². The first-order valence-corrected chi connectivity index (χ1v) is 3.96. The Morgan fingerprint density at radius 1 is 1.44 bits per heavy atom. The number of hydrogen-bond donors (Lipinski definition) is 2. The van der Waals surface area contributed by atoms with Crippen LogP contribution >= 0.6 is 0 Å². The van der Waals surface area contributed by atoms with Gasteiger partial charge in [0.1, 0.15) is 0 Å². The molecule has 7 heteroatoms. The molecule has 84 valence electrons. The number of hydrogen-bond acceptors (Lipinski definition) is 2. The van der Waals surface area contributed by atoms with Crippen molar-refractivity contribution in [3.05, 3.63) is 29.3 Å². The van der Waals surface area contributed by atoms with Crippen LogP contribution in [0.25, 0.3) is 0 Å². The molecule has 2 N–H and O–H groups in total. The second kappa shape index (κ2) is 4.10.